The first kappa shape index (κ1) is 16.5. The van der Waals surface area contributed by atoms with Crippen LogP contribution in [0.25, 0.3) is 0 Å². The number of likely N-dealkylation sites (tertiary alicyclic amines) is 1. The van der Waals surface area contributed by atoms with Crippen molar-refractivity contribution >= 4 is 11.8 Å². The number of hydrogen-bond donors (Lipinski definition) is 1. The number of carbonyl (C=O) groups excluding carboxylic acids is 1. The van der Waals surface area contributed by atoms with Gasteiger partial charge < -0.3 is 9.64 Å². The lowest BCUT2D eigenvalue weighted by Gasteiger charge is -2.46. The number of aromatic nitrogens is 2. The second kappa shape index (κ2) is 7.05. The fraction of sp³-hybridized carbons (Fsp3) is 0.444. The number of benzene rings is 1. The van der Waals surface area contributed by atoms with Gasteiger partial charge in [0.05, 0.1) is 18.3 Å². The predicted octanol–water partition coefficient (Wildman–Crippen LogP) is 2.83. The lowest BCUT2D eigenvalue weighted by atomic mass is 9.85. The van der Waals surface area contributed by atoms with E-state index in [0.29, 0.717) is 18.3 Å². The third-order valence-electron chi connectivity index (χ3n) is 4.49. The molecule has 1 aromatic carbocycles. The van der Waals surface area contributed by atoms with Gasteiger partial charge in [-0.3, -0.25) is 10.00 Å². The maximum absolute atomic E-state index is 12.6. The van der Waals surface area contributed by atoms with E-state index in [1.807, 2.05) is 36.2 Å². The van der Waals surface area contributed by atoms with Crippen molar-refractivity contribution in [3.8, 4) is 0 Å². The molecule has 6 nitrogen and oxygen atoms in total. The molecule has 128 valence electrons. The number of hydrogen-bond acceptors (Lipinski definition) is 3. The molecule has 0 bridgehead atoms. The molecule has 1 fully saturated rings. The first-order chi connectivity index (χ1) is 11.6. The average Bonchev–Trinajstić information content (AvgIpc) is 2.91. The minimum absolute atomic E-state index is 0.0803. The highest BCUT2D eigenvalue weighted by molar-refractivity contribution is 5.89. The molecule has 1 aromatic heterocycles. The molecule has 0 unspecified atom stereocenters. The van der Waals surface area contributed by atoms with Gasteiger partial charge in [0, 0.05) is 33.2 Å². The Morgan fingerprint density at radius 1 is 1.38 bits per heavy atom. The molecule has 1 N–H and O–H groups in total. The molecule has 24 heavy (non-hydrogen) atoms. The zero-order valence-electron chi connectivity index (χ0n) is 14.4. The van der Waals surface area contributed by atoms with Crippen LogP contribution in [0, 0.1) is 5.92 Å². The molecule has 0 saturated carbocycles. The van der Waals surface area contributed by atoms with Gasteiger partial charge in [-0.25, -0.2) is 4.79 Å². The minimum atomic E-state index is -0.0803. The second-order valence-corrected chi connectivity index (χ2v) is 6.30. The molecule has 6 heteroatoms. The average molecular weight is 328 g/mol. The van der Waals surface area contributed by atoms with Crippen molar-refractivity contribution in [2.75, 3.05) is 25.6 Å². The number of urea groups is 1. The number of nitrogens with one attached hydrogen (secondary N) is 1. The van der Waals surface area contributed by atoms with Crippen LogP contribution in [0.15, 0.2) is 36.4 Å². The summed E-state index contributed by atoms with van der Waals surface area (Å²) in [5, 5.41) is 7.38. The van der Waals surface area contributed by atoms with Gasteiger partial charge in [0.15, 0.2) is 0 Å². The van der Waals surface area contributed by atoms with Crippen LogP contribution in [-0.4, -0.2) is 41.0 Å². The van der Waals surface area contributed by atoms with Crippen molar-refractivity contribution in [3.05, 3.63) is 47.7 Å². The molecule has 2 heterocycles. The summed E-state index contributed by atoms with van der Waals surface area (Å²) in [6, 6.07) is 12.1. The number of ether oxygens (including phenoxy) is 1. The van der Waals surface area contributed by atoms with Gasteiger partial charge in [0.1, 0.15) is 5.82 Å². The molecule has 0 radical (unpaired) electrons. The van der Waals surface area contributed by atoms with E-state index < -0.39 is 0 Å². The number of anilines is 1. The Bertz CT molecular complexity index is 698. The first-order valence-electron chi connectivity index (χ1n) is 8.24. The fourth-order valence-corrected chi connectivity index (χ4v) is 3.21. The van der Waals surface area contributed by atoms with Crippen LogP contribution in [0.1, 0.15) is 24.2 Å². The molecular weight excluding hydrogens is 304 g/mol. The smallest absolute Gasteiger partial charge is 0.323 e. The highest BCUT2D eigenvalue weighted by Gasteiger charge is 2.40. The van der Waals surface area contributed by atoms with Crippen LogP contribution in [0.5, 0.6) is 0 Å². The van der Waals surface area contributed by atoms with E-state index in [1.54, 1.807) is 11.8 Å². The zero-order valence-corrected chi connectivity index (χ0v) is 14.4. The molecule has 1 aliphatic rings. The maximum atomic E-state index is 12.6. The molecule has 1 aliphatic heterocycles. The maximum Gasteiger partial charge on any atom is 0.323 e. The summed E-state index contributed by atoms with van der Waals surface area (Å²) < 4.78 is 6.77. The number of rotatable bonds is 5. The van der Waals surface area contributed by atoms with E-state index >= 15 is 0 Å². The van der Waals surface area contributed by atoms with Crippen LogP contribution in [-0.2, 0) is 18.2 Å². The second-order valence-electron chi connectivity index (χ2n) is 6.30. The molecule has 0 spiro atoms. The van der Waals surface area contributed by atoms with Gasteiger partial charge in [0.2, 0.25) is 0 Å². The van der Waals surface area contributed by atoms with Crippen LogP contribution in [0.4, 0.5) is 10.6 Å². The molecule has 2 aromatic rings. The first-order valence-corrected chi connectivity index (χ1v) is 8.24. The Hall–Kier alpha value is -2.34. The van der Waals surface area contributed by atoms with Crippen LogP contribution in [0.2, 0.25) is 0 Å². The van der Waals surface area contributed by atoms with E-state index in [0.717, 1.165) is 18.7 Å². The van der Waals surface area contributed by atoms with E-state index in [2.05, 4.69) is 29.5 Å². The largest absolute Gasteiger partial charge is 0.384 e. The third-order valence-corrected chi connectivity index (χ3v) is 4.49. The summed E-state index contributed by atoms with van der Waals surface area (Å²) >= 11 is 0. The van der Waals surface area contributed by atoms with Crippen LogP contribution >= 0.6 is 0 Å². The topological polar surface area (TPSA) is 59.4 Å². The lowest BCUT2D eigenvalue weighted by Crippen LogP contribution is -2.53. The summed E-state index contributed by atoms with van der Waals surface area (Å²) in [5.41, 5.74) is 2.09. The Morgan fingerprint density at radius 2 is 2.12 bits per heavy atom. The van der Waals surface area contributed by atoms with Gasteiger partial charge in [-0.2, -0.15) is 5.10 Å². The van der Waals surface area contributed by atoms with Gasteiger partial charge in [-0.1, -0.05) is 37.3 Å². The van der Waals surface area contributed by atoms with E-state index in [1.165, 1.54) is 5.56 Å². The summed E-state index contributed by atoms with van der Waals surface area (Å²) in [7, 11) is 3.50. The van der Waals surface area contributed by atoms with E-state index in [9.17, 15) is 4.79 Å². The predicted molar refractivity (Wildman–Crippen MR) is 92.9 cm³/mol. The molecule has 1 saturated heterocycles. The van der Waals surface area contributed by atoms with E-state index in [-0.39, 0.29) is 12.1 Å². The van der Waals surface area contributed by atoms with Crippen LogP contribution < -0.4 is 5.32 Å². The van der Waals surface area contributed by atoms with Gasteiger partial charge in [-0.05, 0) is 11.5 Å². The standard InChI is InChI=1S/C18H24N4O2/c1-13-12-22(17(13)14-7-5-4-6-8-14)18(23)19-16-11-15(9-10-24-3)20-21(16)2/h4-8,11,13,17H,9-10,12H2,1-3H3,(H,19,23)/t13-,17-/m1/s1. The fourth-order valence-electron chi connectivity index (χ4n) is 3.21. The number of aryl methyl sites for hydroxylation is 1. The molecular formula is C18H24N4O2. The number of carbonyl (C=O) groups is 1. The highest BCUT2D eigenvalue weighted by Crippen LogP contribution is 2.38. The molecule has 3 rings (SSSR count). The van der Waals surface area contributed by atoms with Crippen molar-refractivity contribution in [3.63, 3.8) is 0 Å². The Kier molecular flexibility index (Phi) is 4.85. The number of amides is 2. The third kappa shape index (κ3) is 3.28. The van der Waals surface area contributed by atoms with Gasteiger partial charge in [-0.15, -0.1) is 0 Å². The monoisotopic (exact) mass is 328 g/mol. The van der Waals surface area contributed by atoms with Crippen molar-refractivity contribution in [1.29, 1.82) is 0 Å². The van der Waals surface area contributed by atoms with Crippen molar-refractivity contribution in [1.82, 2.24) is 14.7 Å². The quantitative estimate of drug-likeness (QED) is 0.918. The summed E-state index contributed by atoms with van der Waals surface area (Å²) in [5.74, 6) is 1.17. The molecule has 2 amide bonds. The highest BCUT2D eigenvalue weighted by atomic mass is 16.5. The van der Waals surface area contributed by atoms with Crippen LogP contribution in [0.3, 0.4) is 0 Å². The summed E-state index contributed by atoms with van der Waals surface area (Å²) in [6.07, 6.45) is 0.730. The van der Waals surface area contributed by atoms with Gasteiger partial charge >= 0.3 is 6.03 Å². The molecule has 0 aliphatic carbocycles. The SMILES string of the molecule is COCCc1cc(NC(=O)N2C[C@@H](C)[C@@H]2c2ccccc2)n(C)n1. The Balaban J connectivity index is 1.68. The van der Waals surface area contributed by atoms with Crippen molar-refractivity contribution in [2.24, 2.45) is 13.0 Å². The zero-order chi connectivity index (χ0) is 17.1. The Labute approximate surface area is 142 Å². The summed E-state index contributed by atoms with van der Waals surface area (Å²) in [4.78, 5) is 14.5. The summed E-state index contributed by atoms with van der Waals surface area (Å²) in [6.45, 7) is 3.55. The van der Waals surface area contributed by atoms with Crippen molar-refractivity contribution in [2.45, 2.75) is 19.4 Å². The number of methoxy groups -OCH3 is 1. The minimum Gasteiger partial charge on any atom is -0.384 e. The number of nitrogens with zero attached hydrogens (tertiary/aromatic N) is 3. The normalized spacial score (nSPS) is 19.9. The van der Waals surface area contributed by atoms with Gasteiger partial charge in [0.25, 0.3) is 0 Å². The molecule has 2 atom stereocenters. The Morgan fingerprint density at radius 3 is 2.79 bits per heavy atom. The van der Waals surface area contributed by atoms with Crippen molar-refractivity contribution < 1.29 is 9.53 Å². The van der Waals surface area contributed by atoms with E-state index in [4.69, 9.17) is 4.74 Å². The lowest BCUT2D eigenvalue weighted by molar-refractivity contribution is 0.0670.